The van der Waals surface area contributed by atoms with Crippen molar-refractivity contribution in [3.8, 4) is 0 Å². The number of aryl methyl sites for hydroxylation is 1. The Morgan fingerprint density at radius 2 is 1.88 bits per heavy atom. The minimum atomic E-state index is 0.430. The van der Waals surface area contributed by atoms with E-state index in [2.05, 4.69) is 25.6 Å². The predicted octanol–water partition coefficient (Wildman–Crippen LogP) is 2.52. The van der Waals surface area contributed by atoms with Gasteiger partial charge in [-0.2, -0.15) is 0 Å². The molecule has 90 valence electrons. The molecule has 0 saturated carbocycles. The molecule has 0 aliphatic carbocycles. The lowest BCUT2D eigenvalue weighted by Gasteiger charge is -2.13. The molecule has 2 saturated heterocycles. The van der Waals surface area contributed by atoms with Crippen LogP contribution in [0.4, 0.5) is 0 Å². The first-order valence-corrected chi connectivity index (χ1v) is 6.25. The van der Waals surface area contributed by atoms with Gasteiger partial charge in [-0.1, -0.05) is 24.8 Å². The maximum Gasteiger partial charge on any atom is 0.0850 e. The molecule has 0 N–H and O–H groups in total. The summed E-state index contributed by atoms with van der Waals surface area (Å²) < 4.78 is 10.7. The van der Waals surface area contributed by atoms with Gasteiger partial charge in [0.2, 0.25) is 0 Å². The van der Waals surface area contributed by atoms with Crippen molar-refractivity contribution in [2.75, 3.05) is 13.2 Å². The van der Waals surface area contributed by atoms with Crippen molar-refractivity contribution in [3.63, 3.8) is 0 Å². The lowest BCUT2D eigenvalue weighted by Crippen LogP contribution is -2.04. The van der Waals surface area contributed by atoms with E-state index in [4.69, 9.17) is 9.47 Å². The van der Waals surface area contributed by atoms with Crippen LogP contribution in [-0.2, 0) is 22.3 Å². The molecule has 2 aliphatic rings. The van der Waals surface area contributed by atoms with Gasteiger partial charge in [0.25, 0.3) is 0 Å². The van der Waals surface area contributed by atoms with Crippen LogP contribution in [-0.4, -0.2) is 25.4 Å². The number of ether oxygens (including phenoxy) is 2. The van der Waals surface area contributed by atoms with Crippen LogP contribution in [0, 0.1) is 6.92 Å². The average molecular weight is 230 g/mol. The highest BCUT2D eigenvalue weighted by atomic mass is 16.6. The molecule has 0 spiro atoms. The summed E-state index contributed by atoms with van der Waals surface area (Å²) in [6.45, 7) is 7.95. The summed E-state index contributed by atoms with van der Waals surface area (Å²) in [4.78, 5) is 0. The Morgan fingerprint density at radius 3 is 2.47 bits per heavy atom. The molecule has 2 fully saturated rings. The molecule has 1 aromatic rings. The zero-order valence-electron chi connectivity index (χ0n) is 10.2. The third-order valence-corrected chi connectivity index (χ3v) is 3.57. The Balaban J connectivity index is 1.93. The Bertz CT molecular complexity index is 442. The lowest BCUT2D eigenvalue weighted by atomic mass is 9.91. The fourth-order valence-electron chi connectivity index (χ4n) is 2.37. The van der Waals surface area contributed by atoms with Gasteiger partial charge in [0.15, 0.2) is 0 Å². The maximum absolute atomic E-state index is 5.34. The van der Waals surface area contributed by atoms with Crippen LogP contribution in [0.2, 0.25) is 0 Å². The topological polar surface area (TPSA) is 25.1 Å². The van der Waals surface area contributed by atoms with E-state index in [1.807, 2.05) is 6.08 Å². The number of rotatable bonds is 5. The van der Waals surface area contributed by atoms with Gasteiger partial charge in [0.1, 0.15) is 0 Å². The first-order valence-electron chi connectivity index (χ1n) is 6.25. The average Bonchev–Trinajstić information content (AvgIpc) is 3.17. The van der Waals surface area contributed by atoms with E-state index in [1.54, 1.807) is 0 Å². The van der Waals surface area contributed by atoms with Crippen molar-refractivity contribution in [1.29, 1.82) is 0 Å². The molecule has 2 heterocycles. The molecule has 17 heavy (non-hydrogen) atoms. The van der Waals surface area contributed by atoms with Crippen LogP contribution in [0.1, 0.15) is 22.3 Å². The molecule has 1 aromatic carbocycles. The summed E-state index contributed by atoms with van der Waals surface area (Å²) >= 11 is 0. The normalized spacial score (nSPS) is 25.7. The smallest absolute Gasteiger partial charge is 0.0850 e. The quantitative estimate of drug-likeness (QED) is 0.726. The highest BCUT2D eigenvalue weighted by molar-refractivity contribution is 5.59. The van der Waals surface area contributed by atoms with E-state index in [0.29, 0.717) is 12.2 Å². The maximum atomic E-state index is 5.34. The van der Waals surface area contributed by atoms with Crippen molar-refractivity contribution in [2.45, 2.75) is 32.0 Å². The molecule has 2 heteroatoms. The SMILES string of the molecule is C=Cc1c(CC2CO2)ccc(C)c1CC1CO1. The van der Waals surface area contributed by atoms with Gasteiger partial charge in [-0.15, -0.1) is 0 Å². The van der Waals surface area contributed by atoms with E-state index in [1.165, 1.54) is 22.3 Å². The van der Waals surface area contributed by atoms with E-state index in [9.17, 15) is 0 Å². The molecular formula is C15H18O2. The van der Waals surface area contributed by atoms with E-state index in [-0.39, 0.29) is 0 Å². The Morgan fingerprint density at radius 1 is 1.24 bits per heavy atom. The van der Waals surface area contributed by atoms with Crippen LogP contribution in [0.3, 0.4) is 0 Å². The molecule has 0 aromatic heterocycles. The number of epoxide rings is 2. The number of hydrogen-bond donors (Lipinski definition) is 0. The molecule has 3 rings (SSSR count). The third kappa shape index (κ3) is 2.43. The fraction of sp³-hybridized carbons (Fsp3) is 0.467. The molecule has 0 radical (unpaired) electrons. The van der Waals surface area contributed by atoms with Crippen molar-refractivity contribution in [3.05, 3.63) is 41.0 Å². The van der Waals surface area contributed by atoms with Crippen LogP contribution < -0.4 is 0 Å². The van der Waals surface area contributed by atoms with Gasteiger partial charge < -0.3 is 9.47 Å². The molecule has 0 bridgehead atoms. The second-order valence-electron chi connectivity index (χ2n) is 4.96. The zero-order valence-corrected chi connectivity index (χ0v) is 10.2. The standard InChI is InChI=1S/C15H18O2/c1-3-14-11(6-12-8-16-12)5-4-10(2)15(14)7-13-9-17-13/h3-5,12-13H,1,6-9H2,2H3. The molecule has 2 nitrogen and oxygen atoms in total. The van der Waals surface area contributed by atoms with Gasteiger partial charge in [0.05, 0.1) is 25.4 Å². The second kappa shape index (κ2) is 4.28. The van der Waals surface area contributed by atoms with Crippen LogP contribution >= 0.6 is 0 Å². The molecule has 2 aliphatic heterocycles. The number of hydrogen-bond acceptors (Lipinski definition) is 2. The molecular weight excluding hydrogens is 212 g/mol. The zero-order chi connectivity index (χ0) is 11.8. The van der Waals surface area contributed by atoms with Crippen molar-refractivity contribution < 1.29 is 9.47 Å². The van der Waals surface area contributed by atoms with Gasteiger partial charge in [-0.25, -0.2) is 0 Å². The summed E-state index contributed by atoms with van der Waals surface area (Å²) in [7, 11) is 0. The predicted molar refractivity (Wildman–Crippen MR) is 68.2 cm³/mol. The second-order valence-corrected chi connectivity index (χ2v) is 4.96. The van der Waals surface area contributed by atoms with Crippen LogP contribution in [0.5, 0.6) is 0 Å². The van der Waals surface area contributed by atoms with Crippen molar-refractivity contribution >= 4 is 6.08 Å². The number of benzene rings is 1. The largest absolute Gasteiger partial charge is 0.373 e. The van der Waals surface area contributed by atoms with E-state index >= 15 is 0 Å². The van der Waals surface area contributed by atoms with Gasteiger partial charge in [0, 0.05) is 12.8 Å². The Hall–Kier alpha value is -1.12. The summed E-state index contributed by atoms with van der Waals surface area (Å²) in [5, 5.41) is 0. The highest BCUT2D eigenvalue weighted by Gasteiger charge is 2.27. The van der Waals surface area contributed by atoms with Crippen LogP contribution in [0.15, 0.2) is 18.7 Å². The van der Waals surface area contributed by atoms with Gasteiger partial charge in [-0.05, 0) is 29.2 Å². The summed E-state index contributed by atoms with van der Waals surface area (Å²) in [5.41, 5.74) is 5.41. The lowest BCUT2D eigenvalue weighted by molar-refractivity contribution is 0.405. The minimum absolute atomic E-state index is 0.430. The van der Waals surface area contributed by atoms with Crippen LogP contribution in [0.25, 0.3) is 6.08 Å². The van der Waals surface area contributed by atoms with E-state index in [0.717, 1.165) is 26.1 Å². The van der Waals surface area contributed by atoms with Crippen molar-refractivity contribution in [1.82, 2.24) is 0 Å². The molecule has 0 amide bonds. The molecule has 2 atom stereocenters. The Labute approximate surface area is 102 Å². The van der Waals surface area contributed by atoms with Crippen molar-refractivity contribution in [2.24, 2.45) is 0 Å². The summed E-state index contributed by atoms with van der Waals surface area (Å²) in [6.07, 6.45) is 4.89. The highest BCUT2D eigenvalue weighted by Crippen LogP contribution is 2.28. The molecule has 2 unspecified atom stereocenters. The van der Waals surface area contributed by atoms with Gasteiger partial charge >= 0.3 is 0 Å². The fourth-order valence-corrected chi connectivity index (χ4v) is 2.37. The minimum Gasteiger partial charge on any atom is -0.373 e. The first kappa shape index (κ1) is 11.0. The van der Waals surface area contributed by atoms with Gasteiger partial charge in [-0.3, -0.25) is 0 Å². The Kier molecular flexibility index (Phi) is 2.77. The summed E-state index contributed by atoms with van der Waals surface area (Å²) in [5.74, 6) is 0. The first-order chi connectivity index (χ1) is 8.28. The third-order valence-electron chi connectivity index (χ3n) is 3.57. The van der Waals surface area contributed by atoms with E-state index < -0.39 is 0 Å². The monoisotopic (exact) mass is 230 g/mol. The summed E-state index contributed by atoms with van der Waals surface area (Å²) in [6, 6.07) is 4.42.